The summed E-state index contributed by atoms with van der Waals surface area (Å²) in [6, 6.07) is 9.05. The molecule has 0 bridgehead atoms. The van der Waals surface area contributed by atoms with Crippen molar-refractivity contribution in [1.29, 1.82) is 0 Å². The minimum Gasteiger partial charge on any atom is -0.204 e. The SMILES string of the molecule is CCC[Si]1CCC(C2CCC(CCc3ccc(F)c(F)c3)CC2)CC1. The molecule has 0 atom stereocenters. The predicted octanol–water partition coefficient (Wildman–Crippen LogP) is 7.02. The van der Waals surface area contributed by atoms with Crippen molar-refractivity contribution in [2.75, 3.05) is 0 Å². The first-order valence-corrected chi connectivity index (χ1v) is 12.5. The molecule has 139 valence electrons. The van der Waals surface area contributed by atoms with E-state index in [9.17, 15) is 8.78 Å². The molecule has 2 fully saturated rings. The topological polar surface area (TPSA) is 0 Å². The number of hydrogen-bond donors (Lipinski definition) is 0. The zero-order valence-electron chi connectivity index (χ0n) is 15.7. The Morgan fingerprint density at radius 3 is 2.24 bits per heavy atom. The molecule has 3 heteroatoms. The number of aryl methyl sites for hydroxylation is 1. The third-order valence-corrected chi connectivity index (χ3v) is 9.92. The van der Waals surface area contributed by atoms with Crippen molar-refractivity contribution in [3.63, 3.8) is 0 Å². The molecular formula is C22H33F2Si. The zero-order chi connectivity index (χ0) is 17.6. The summed E-state index contributed by atoms with van der Waals surface area (Å²) in [6.07, 6.45) is 11.9. The Bertz CT molecular complexity index is 529. The Hall–Kier alpha value is -0.703. The maximum absolute atomic E-state index is 13.3. The van der Waals surface area contributed by atoms with Crippen LogP contribution in [0.25, 0.3) is 0 Å². The normalized spacial score (nSPS) is 26.0. The van der Waals surface area contributed by atoms with Crippen molar-refractivity contribution >= 4 is 8.80 Å². The Labute approximate surface area is 154 Å². The number of halogens is 2. The molecule has 1 aliphatic heterocycles. The van der Waals surface area contributed by atoms with E-state index >= 15 is 0 Å². The summed E-state index contributed by atoms with van der Waals surface area (Å²) in [7, 11) is 0.0175. The van der Waals surface area contributed by atoms with Crippen LogP contribution in [0, 0.1) is 29.4 Å². The largest absolute Gasteiger partial charge is 0.204 e. The molecule has 0 N–H and O–H groups in total. The van der Waals surface area contributed by atoms with Crippen LogP contribution in [0.2, 0.25) is 18.1 Å². The van der Waals surface area contributed by atoms with Crippen LogP contribution < -0.4 is 0 Å². The van der Waals surface area contributed by atoms with Crippen LogP contribution in [0.15, 0.2) is 18.2 Å². The molecule has 0 spiro atoms. The molecule has 0 nitrogen and oxygen atoms in total. The molecule has 1 aliphatic carbocycles. The molecule has 0 unspecified atom stereocenters. The Kier molecular flexibility index (Phi) is 7.09. The molecule has 0 amide bonds. The average molecular weight is 364 g/mol. The van der Waals surface area contributed by atoms with Gasteiger partial charge in [-0.25, -0.2) is 8.78 Å². The maximum atomic E-state index is 13.3. The smallest absolute Gasteiger partial charge is 0.159 e. The van der Waals surface area contributed by atoms with Gasteiger partial charge in [0.05, 0.1) is 0 Å². The van der Waals surface area contributed by atoms with E-state index in [-0.39, 0.29) is 8.80 Å². The monoisotopic (exact) mass is 363 g/mol. The molecule has 3 rings (SSSR count). The highest BCUT2D eigenvalue weighted by molar-refractivity contribution is 6.58. The van der Waals surface area contributed by atoms with Crippen LogP contribution in [0.5, 0.6) is 0 Å². The lowest BCUT2D eigenvalue weighted by Gasteiger charge is -2.37. The van der Waals surface area contributed by atoms with Gasteiger partial charge in [0.1, 0.15) is 0 Å². The second kappa shape index (κ2) is 9.30. The summed E-state index contributed by atoms with van der Waals surface area (Å²) < 4.78 is 26.3. The number of benzene rings is 1. The lowest BCUT2D eigenvalue weighted by atomic mass is 9.73. The van der Waals surface area contributed by atoms with E-state index in [1.807, 2.05) is 0 Å². The summed E-state index contributed by atoms with van der Waals surface area (Å²) in [5.74, 6) is 1.33. The van der Waals surface area contributed by atoms with Crippen molar-refractivity contribution in [3.8, 4) is 0 Å². The van der Waals surface area contributed by atoms with Crippen molar-refractivity contribution in [1.82, 2.24) is 0 Å². The average Bonchev–Trinajstić information content (AvgIpc) is 2.64. The molecule has 1 saturated carbocycles. The van der Waals surface area contributed by atoms with Gasteiger partial charge >= 0.3 is 0 Å². The standard InChI is InChI=1S/C22H33F2Si/c1-2-13-25-14-11-20(12-15-25)19-8-5-17(6-9-19)3-4-18-7-10-21(23)22(24)16-18/h7,10,16-17,19-20H,2-6,8-9,11-15H2,1H3. The van der Waals surface area contributed by atoms with Gasteiger partial charge in [0.25, 0.3) is 0 Å². The lowest BCUT2D eigenvalue weighted by molar-refractivity contribution is 0.186. The molecule has 25 heavy (non-hydrogen) atoms. The third-order valence-electron chi connectivity index (χ3n) is 6.72. The van der Waals surface area contributed by atoms with E-state index in [1.54, 1.807) is 18.2 Å². The minimum absolute atomic E-state index is 0.0175. The Morgan fingerprint density at radius 2 is 1.60 bits per heavy atom. The van der Waals surface area contributed by atoms with Crippen LogP contribution in [-0.4, -0.2) is 8.80 Å². The van der Waals surface area contributed by atoms with E-state index in [2.05, 4.69) is 6.92 Å². The molecule has 1 saturated heterocycles. The first-order valence-electron chi connectivity index (χ1n) is 10.4. The lowest BCUT2D eigenvalue weighted by Crippen LogP contribution is -2.28. The fourth-order valence-corrected chi connectivity index (χ4v) is 8.15. The van der Waals surface area contributed by atoms with E-state index in [0.717, 1.165) is 36.2 Å². The second-order valence-corrected chi connectivity index (χ2v) is 11.4. The summed E-state index contributed by atoms with van der Waals surface area (Å²) >= 11 is 0. The third kappa shape index (κ3) is 5.38. The van der Waals surface area contributed by atoms with Gasteiger partial charge in [0, 0.05) is 8.80 Å². The van der Waals surface area contributed by atoms with E-state index < -0.39 is 11.6 Å². The Morgan fingerprint density at radius 1 is 0.920 bits per heavy atom. The number of hydrogen-bond acceptors (Lipinski definition) is 0. The van der Waals surface area contributed by atoms with Gasteiger partial charge in [0.15, 0.2) is 11.6 Å². The molecule has 1 radical (unpaired) electrons. The molecular weight excluding hydrogens is 330 g/mol. The molecule has 1 aromatic rings. The first kappa shape index (κ1) is 19.1. The van der Waals surface area contributed by atoms with E-state index in [0.29, 0.717) is 0 Å². The Balaban J connectivity index is 1.38. The van der Waals surface area contributed by atoms with Gasteiger partial charge < -0.3 is 0 Å². The number of rotatable bonds is 6. The molecule has 0 aromatic heterocycles. The summed E-state index contributed by atoms with van der Waals surface area (Å²) in [4.78, 5) is 0. The first-order chi connectivity index (χ1) is 12.2. The molecule has 1 heterocycles. The van der Waals surface area contributed by atoms with Crippen molar-refractivity contribution in [3.05, 3.63) is 35.4 Å². The van der Waals surface area contributed by atoms with Crippen LogP contribution in [0.4, 0.5) is 8.78 Å². The summed E-state index contributed by atoms with van der Waals surface area (Å²) in [5.41, 5.74) is 0.943. The molecule has 2 aliphatic rings. The highest BCUT2D eigenvalue weighted by atomic mass is 28.3. The van der Waals surface area contributed by atoms with Crippen molar-refractivity contribution in [2.45, 2.75) is 82.8 Å². The van der Waals surface area contributed by atoms with Crippen molar-refractivity contribution < 1.29 is 8.78 Å². The quantitative estimate of drug-likeness (QED) is 0.476. The highest BCUT2D eigenvalue weighted by Crippen LogP contribution is 2.41. The zero-order valence-corrected chi connectivity index (χ0v) is 16.7. The van der Waals surface area contributed by atoms with Gasteiger partial charge in [-0.05, 0) is 61.1 Å². The van der Waals surface area contributed by atoms with Gasteiger partial charge in [-0.3, -0.25) is 0 Å². The maximum Gasteiger partial charge on any atom is 0.159 e. The molecule has 1 aromatic carbocycles. The van der Waals surface area contributed by atoms with Crippen molar-refractivity contribution in [2.24, 2.45) is 17.8 Å². The minimum atomic E-state index is -0.736. The van der Waals surface area contributed by atoms with Gasteiger partial charge in [-0.15, -0.1) is 0 Å². The van der Waals surface area contributed by atoms with Gasteiger partial charge in [-0.2, -0.15) is 0 Å². The van der Waals surface area contributed by atoms with Crippen LogP contribution in [0.3, 0.4) is 0 Å². The fourth-order valence-electron chi connectivity index (χ4n) is 5.14. The van der Waals surface area contributed by atoms with E-state index in [4.69, 9.17) is 0 Å². The summed E-state index contributed by atoms with van der Waals surface area (Å²) in [6.45, 7) is 2.34. The van der Waals surface area contributed by atoms with Crippen LogP contribution in [0.1, 0.15) is 63.9 Å². The fraction of sp³-hybridized carbons (Fsp3) is 0.727. The van der Waals surface area contributed by atoms with E-state index in [1.165, 1.54) is 63.1 Å². The predicted molar refractivity (Wildman–Crippen MR) is 103 cm³/mol. The van der Waals surface area contributed by atoms with Gasteiger partial charge in [0.2, 0.25) is 0 Å². The second-order valence-electron chi connectivity index (χ2n) is 8.41. The van der Waals surface area contributed by atoms with Crippen LogP contribution in [-0.2, 0) is 6.42 Å². The highest BCUT2D eigenvalue weighted by Gasteiger charge is 2.30. The van der Waals surface area contributed by atoms with Gasteiger partial charge in [-0.1, -0.05) is 63.2 Å². The van der Waals surface area contributed by atoms with Crippen LogP contribution >= 0.6 is 0 Å². The summed E-state index contributed by atoms with van der Waals surface area (Å²) in [5, 5.41) is 0.